The van der Waals surface area contributed by atoms with Crippen LogP contribution in [0.25, 0.3) is 0 Å². The molecule has 1 heterocycles. The molecule has 5 nitrogen and oxygen atoms in total. The number of ether oxygens (including phenoxy) is 1. The Morgan fingerprint density at radius 1 is 1.41 bits per heavy atom. The van der Waals surface area contributed by atoms with Crippen molar-refractivity contribution in [3.63, 3.8) is 0 Å². The molecule has 22 heavy (non-hydrogen) atoms. The van der Waals surface area contributed by atoms with Gasteiger partial charge in [0.25, 0.3) is 0 Å². The summed E-state index contributed by atoms with van der Waals surface area (Å²) in [7, 11) is 0. The van der Waals surface area contributed by atoms with Gasteiger partial charge in [0.05, 0.1) is 5.41 Å². The summed E-state index contributed by atoms with van der Waals surface area (Å²) in [6, 6.07) is 8.08. The van der Waals surface area contributed by atoms with E-state index in [9.17, 15) is 4.79 Å². The van der Waals surface area contributed by atoms with Gasteiger partial charge in [-0.1, -0.05) is 35.0 Å². The summed E-state index contributed by atoms with van der Waals surface area (Å²) < 4.78 is 10.6. The molecule has 2 fully saturated rings. The van der Waals surface area contributed by atoms with Crippen LogP contribution in [0.15, 0.2) is 28.8 Å². The number of hydrogen-bond donors (Lipinski definition) is 0. The Morgan fingerprint density at radius 2 is 2.23 bits per heavy atom. The number of nitrogens with zero attached hydrogens (tertiary/aromatic N) is 2. The second-order valence-electron chi connectivity index (χ2n) is 6.35. The molecule has 0 unspecified atom stereocenters. The van der Waals surface area contributed by atoms with Crippen LogP contribution in [0.3, 0.4) is 0 Å². The largest absolute Gasteiger partial charge is 0.457 e. The normalized spacial score (nSPS) is 19.0. The van der Waals surface area contributed by atoms with E-state index < -0.39 is 5.41 Å². The Kier molecular flexibility index (Phi) is 3.03. The van der Waals surface area contributed by atoms with Crippen LogP contribution in [0.4, 0.5) is 0 Å². The highest BCUT2D eigenvalue weighted by molar-refractivity contribution is 5.86. The van der Waals surface area contributed by atoms with Gasteiger partial charge in [0.15, 0.2) is 6.61 Å². The van der Waals surface area contributed by atoms with E-state index in [4.69, 9.17) is 9.26 Å². The lowest BCUT2D eigenvalue weighted by Crippen LogP contribution is -2.23. The van der Waals surface area contributed by atoms with E-state index in [1.807, 2.05) is 25.1 Å². The van der Waals surface area contributed by atoms with Gasteiger partial charge in [-0.15, -0.1) is 0 Å². The number of carbonyl (C=O) groups excluding carboxylic acids is 1. The molecule has 0 radical (unpaired) electrons. The fraction of sp³-hybridized carbons (Fsp3) is 0.471. The third-order valence-electron chi connectivity index (χ3n) is 4.45. The van der Waals surface area contributed by atoms with Crippen molar-refractivity contribution in [1.29, 1.82) is 0 Å². The first-order valence-electron chi connectivity index (χ1n) is 7.74. The second kappa shape index (κ2) is 4.93. The lowest BCUT2D eigenvalue weighted by Gasteiger charge is -2.14. The van der Waals surface area contributed by atoms with Crippen molar-refractivity contribution in [2.75, 3.05) is 0 Å². The van der Waals surface area contributed by atoms with Crippen LogP contribution < -0.4 is 0 Å². The van der Waals surface area contributed by atoms with E-state index in [0.29, 0.717) is 17.6 Å². The van der Waals surface area contributed by atoms with E-state index >= 15 is 0 Å². The minimum absolute atomic E-state index is 0.0859. The maximum Gasteiger partial charge on any atom is 0.317 e. The average Bonchev–Trinajstić information content (AvgIpc) is 3.43. The molecule has 2 aliphatic carbocycles. The van der Waals surface area contributed by atoms with Crippen molar-refractivity contribution >= 4 is 5.97 Å². The van der Waals surface area contributed by atoms with E-state index in [0.717, 1.165) is 36.8 Å². The smallest absolute Gasteiger partial charge is 0.317 e. The first-order valence-corrected chi connectivity index (χ1v) is 7.74. The van der Waals surface area contributed by atoms with Crippen LogP contribution in [-0.2, 0) is 21.6 Å². The summed E-state index contributed by atoms with van der Waals surface area (Å²) in [6.07, 6.45) is 3.90. The van der Waals surface area contributed by atoms with Crippen LogP contribution in [0.2, 0.25) is 0 Å². The summed E-state index contributed by atoms with van der Waals surface area (Å²) in [5, 5.41) is 3.88. The molecule has 0 N–H and O–H groups in total. The molecule has 0 atom stereocenters. The van der Waals surface area contributed by atoms with Crippen molar-refractivity contribution in [2.45, 2.75) is 50.5 Å². The molecule has 1 aromatic heterocycles. The van der Waals surface area contributed by atoms with E-state index in [2.05, 4.69) is 16.2 Å². The molecule has 4 rings (SSSR count). The molecule has 0 amide bonds. The number of aryl methyl sites for hydroxylation is 1. The van der Waals surface area contributed by atoms with E-state index in [1.165, 1.54) is 0 Å². The van der Waals surface area contributed by atoms with Gasteiger partial charge in [-0.25, -0.2) is 0 Å². The Labute approximate surface area is 128 Å². The zero-order valence-corrected chi connectivity index (χ0v) is 12.5. The number of hydrogen-bond acceptors (Lipinski definition) is 5. The minimum atomic E-state index is -0.463. The molecule has 0 saturated heterocycles. The molecule has 2 aliphatic rings. The van der Waals surface area contributed by atoms with Gasteiger partial charge in [-0.05, 0) is 38.2 Å². The third-order valence-corrected chi connectivity index (χ3v) is 4.45. The highest BCUT2D eigenvalue weighted by Crippen LogP contribution is 2.49. The van der Waals surface area contributed by atoms with Crippen molar-refractivity contribution in [1.82, 2.24) is 10.1 Å². The lowest BCUT2D eigenvalue weighted by molar-refractivity contribution is -0.148. The molecule has 0 aliphatic heterocycles. The van der Waals surface area contributed by atoms with Gasteiger partial charge < -0.3 is 9.26 Å². The molecular weight excluding hydrogens is 280 g/mol. The number of rotatable bonds is 5. The SMILES string of the molecule is Cc1cccc(C2(C(=O)OCc3noc(C4CC4)n3)CC2)c1. The topological polar surface area (TPSA) is 65.2 Å². The predicted octanol–water partition coefficient (Wildman–Crippen LogP) is 3.03. The van der Waals surface area contributed by atoms with Crippen molar-refractivity contribution < 1.29 is 14.1 Å². The fourth-order valence-electron chi connectivity index (χ4n) is 2.77. The zero-order chi connectivity index (χ0) is 15.2. The highest BCUT2D eigenvalue weighted by Gasteiger charge is 2.52. The molecule has 0 spiro atoms. The maximum absolute atomic E-state index is 12.5. The molecule has 2 aromatic rings. The number of carbonyl (C=O) groups is 1. The standard InChI is InChI=1S/C17H18N2O3/c1-11-3-2-4-13(9-11)17(7-8-17)16(20)21-10-14-18-15(22-19-14)12-5-6-12/h2-4,9,12H,5-8,10H2,1H3. The van der Waals surface area contributed by atoms with Crippen LogP contribution in [-0.4, -0.2) is 16.1 Å². The summed E-state index contributed by atoms with van der Waals surface area (Å²) >= 11 is 0. The minimum Gasteiger partial charge on any atom is -0.457 e. The quantitative estimate of drug-likeness (QED) is 0.794. The second-order valence-corrected chi connectivity index (χ2v) is 6.35. The van der Waals surface area contributed by atoms with Gasteiger partial charge in [0, 0.05) is 5.92 Å². The van der Waals surface area contributed by atoms with Crippen LogP contribution in [0, 0.1) is 6.92 Å². The van der Waals surface area contributed by atoms with Gasteiger partial charge in [0.2, 0.25) is 11.7 Å². The fourth-order valence-corrected chi connectivity index (χ4v) is 2.77. The maximum atomic E-state index is 12.5. The summed E-state index contributed by atoms with van der Waals surface area (Å²) in [5.74, 6) is 1.36. The molecular formula is C17H18N2O3. The monoisotopic (exact) mass is 298 g/mol. The summed E-state index contributed by atoms with van der Waals surface area (Å²) in [5.41, 5.74) is 1.74. The molecule has 2 saturated carbocycles. The Balaban J connectivity index is 1.43. The zero-order valence-electron chi connectivity index (χ0n) is 12.5. The van der Waals surface area contributed by atoms with Crippen LogP contribution >= 0.6 is 0 Å². The van der Waals surface area contributed by atoms with Gasteiger partial charge in [-0.2, -0.15) is 4.98 Å². The van der Waals surface area contributed by atoms with Gasteiger partial charge in [-0.3, -0.25) is 4.79 Å². The Hall–Kier alpha value is -2.17. The first kappa shape index (κ1) is 13.5. The first-order chi connectivity index (χ1) is 10.7. The Morgan fingerprint density at radius 3 is 2.91 bits per heavy atom. The number of esters is 1. The van der Waals surface area contributed by atoms with E-state index in [-0.39, 0.29) is 12.6 Å². The summed E-state index contributed by atoms with van der Waals surface area (Å²) in [6.45, 7) is 2.12. The van der Waals surface area contributed by atoms with Gasteiger partial charge in [0.1, 0.15) is 0 Å². The molecule has 1 aromatic carbocycles. The average molecular weight is 298 g/mol. The van der Waals surface area contributed by atoms with Gasteiger partial charge >= 0.3 is 5.97 Å². The molecule has 0 bridgehead atoms. The summed E-state index contributed by atoms with van der Waals surface area (Å²) in [4.78, 5) is 16.7. The predicted molar refractivity (Wildman–Crippen MR) is 78.2 cm³/mol. The molecule has 114 valence electrons. The number of aromatic nitrogens is 2. The Bertz CT molecular complexity index is 714. The lowest BCUT2D eigenvalue weighted by atomic mass is 9.95. The highest BCUT2D eigenvalue weighted by atomic mass is 16.5. The van der Waals surface area contributed by atoms with Crippen molar-refractivity contribution in [3.05, 3.63) is 47.1 Å². The van der Waals surface area contributed by atoms with Crippen LogP contribution in [0.1, 0.15) is 54.4 Å². The van der Waals surface area contributed by atoms with E-state index in [1.54, 1.807) is 0 Å². The van der Waals surface area contributed by atoms with Crippen molar-refractivity contribution in [3.8, 4) is 0 Å². The molecule has 5 heteroatoms. The third kappa shape index (κ3) is 2.40. The number of benzene rings is 1. The van der Waals surface area contributed by atoms with Crippen molar-refractivity contribution in [2.24, 2.45) is 0 Å². The van der Waals surface area contributed by atoms with Crippen LogP contribution in [0.5, 0.6) is 0 Å².